The number of halogens is 2. The molecule has 0 unspecified atom stereocenters. The Labute approximate surface area is 201 Å². The maximum atomic E-state index is 14.2. The van der Waals surface area contributed by atoms with Crippen molar-refractivity contribution in [2.45, 2.75) is 6.42 Å². The van der Waals surface area contributed by atoms with E-state index < -0.39 is 11.7 Å². The van der Waals surface area contributed by atoms with E-state index in [4.69, 9.17) is 14.2 Å². The number of amides is 1. The van der Waals surface area contributed by atoms with Crippen LogP contribution in [0.2, 0.25) is 0 Å². The summed E-state index contributed by atoms with van der Waals surface area (Å²) in [5, 5.41) is 6.39. The maximum Gasteiger partial charge on any atom is 0.253 e. The molecule has 3 N–H and O–H groups in total. The third-order valence-corrected chi connectivity index (χ3v) is 5.59. The molecule has 9 heteroatoms. The SMILES string of the molecule is COc1cc(Nc2cc(F)ccc2C(=O)NCCc2c[nH]c3cccc(F)c23)cc(OC)c1OC. The van der Waals surface area contributed by atoms with E-state index >= 15 is 0 Å². The highest BCUT2D eigenvalue weighted by atomic mass is 19.1. The van der Waals surface area contributed by atoms with Gasteiger partial charge in [0.25, 0.3) is 5.91 Å². The molecular weight excluding hydrogens is 456 g/mol. The van der Waals surface area contributed by atoms with Gasteiger partial charge < -0.3 is 29.8 Å². The quantitative estimate of drug-likeness (QED) is 0.307. The number of hydrogen-bond donors (Lipinski definition) is 3. The summed E-state index contributed by atoms with van der Waals surface area (Å²) in [5.41, 5.74) is 2.46. The first-order valence-electron chi connectivity index (χ1n) is 10.8. The number of anilines is 2. The lowest BCUT2D eigenvalue weighted by atomic mass is 10.1. The number of methoxy groups -OCH3 is 3. The molecule has 0 aliphatic rings. The van der Waals surface area contributed by atoms with Crippen LogP contribution >= 0.6 is 0 Å². The van der Waals surface area contributed by atoms with Crippen LogP contribution in [0.4, 0.5) is 20.2 Å². The summed E-state index contributed by atoms with van der Waals surface area (Å²) in [6.07, 6.45) is 2.15. The zero-order valence-corrected chi connectivity index (χ0v) is 19.5. The summed E-state index contributed by atoms with van der Waals surface area (Å²) < 4.78 is 44.3. The van der Waals surface area contributed by atoms with Crippen LogP contribution in [0.25, 0.3) is 10.9 Å². The Hall–Kier alpha value is -4.27. The molecule has 0 fully saturated rings. The van der Waals surface area contributed by atoms with Gasteiger partial charge in [-0.05, 0) is 42.3 Å². The minimum Gasteiger partial charge on any atom is -0.493 e. The van der Waals surface area contributed by atoms with Gasteiger partial charge in [0.2, 0.25) is 5.75 Å². The molecule has 0 saturated carbocycles. The summed E-state index contributed by atoms with van der Waals surface area (Å²) >= 11 is 0. The van der Waals surface area contributed by atoms with E-state index in [2.05, 4.69) is 15.6 Å². The van der Waals surface area contributed by atoms with Gasteiger partial charge in [-0.25, -0.2) is 8.78 Å². The van der Waals surface area contributed by atoms with E-state index in [-0.39, 0.29) is 23.6 Å². The number of rotatable bonds is 9. The molecule has 0 atom stereocenters. The smallest absolute Gasteiger partial charge is 0.253 e. The lowest BCUT2D eigenvalue weighted by Gasteiger charge is -2.17. The molecule has 1 heterocycles. The first-order valence-corrected chi connectivity index (χ1v) is 10.8. The number of H-pyrrole nitrogens is 1. The molecule has 0 bridgehead atoms. The number of fused-ring (bicyclic) bond motifs is 1. The van der Waals surface area contributed by atoms with Crippen LogP contribution < -0.4 is 24.8 Å². The Morgan fingerprint density at radius 2 is 1.71 bits per heavy atom. The lowest BCUT2D eigenvalue weighted by molar-refractivity contribution is 0.0955. The molecule has 3 aromatic carbocycles. The van der Waals surface area contributed by atoms with Crippen molar-refractivity contribution in [1.82, 2.24) is 10.3 Å². The molecule has 4 aromatic rings. The Kier molecular flexibility index (Phi) is 7.05. The molecule has 0 radical (unpaired) electrons. The summed E-state index contributed by atoms with van der Waals surface area (Å²) in [5.74, 6) is -0.0108. The molecular formula is C26H25F2N3O4. The highest BCUT2D eigenvalue weighted by Gasteiger charge is 2.17. The van der Waals surface area contributed by atoms with Gasteiger partial charge in [0.15, 0.2) is 11.5 Å². The lowest BCUT2D eigenvalue weighted by Crippen LogP contribution is -2.26. The number of ether oxygens (including phenoxy) is 3. The standard InChI is InChI=1S/C26H25F2N3O4/c1-33-22-12-17(13-23(34-2)25(22)35-3)31-21-11-16(27)7-8-18(21)26(32)29-10-9-15-14-30-20-6-4-5-19(28)24(15)20/h4-8,11-14,30-31H,9-10H2,1-3H3,(H,29,32). The molecule has 7 nitrogen and oxygen atoms in total. The summed E-state index contributed by atoms with van der Waals surface area (Å²) in [6.45, 7) is 0.265. The second-order valence-electron chi connectivity index (χ2n) is 7.71. The third kappa shape index (κ3) is 4.98. The second-order valence-corrected chi connectivity index (χ2v) is 7.71. The Bertz CT molecular complexity index is 1350. The zero-order valence-electron chi connectivity index (χ0n) is 19.5. The largest absolute Gasteiger partial charge is 0.493 e. The van der Waals surface area contributed by atoms with Gasteiger partial charge in [0.05, 0.1) is 32.6 Å². The summed E-state index contributed by atoms with van der Waals surface area (Å²) in [4.78, 5) is 16.0. The van der Waals surface area contributed by atoms with Crippen molar-refractivity contribution in [3.05, 3.63) is 77.5 Å². The van der Waals surface area contributed by atoms with E-state index in [9.17, 15) is 13.6 Å². The average Bonchev–Trinajstić information content (AvgIpc) is 3.27. The topological polar surface area (TPSA) is 84.6 Å². The van der Waals surface area contributed by atoms with Crippen molar-refractivity contribution in [2.75, 3.05) is 33.2 Å². The summed E-state index contributed by atoms with van der Waals surface area (Å²) in [6, 6.07) is 12.0. The van der Waals surface area contributed by atoms with Crippen LogP contribution in [0.15, 0.2) is 54.7 Å². The molecule has 0 saturated heterocycles. The highest BCUT2D eigenvalue weighted by molar-refractivity contribution is 6.00. The molecule has 0 aliphatic carbocycles. The van der Waals surface area contributed by atoms with Gasteiger partial charge in [0.1, 0.15) is 11.6 Å². The maximum absolute atomic E-state index is 14.2. The average molecular weight is 481 g/mol. The highest BCUT2D eigenvalue weighted by Crippen LogP contribution is 2.41. The molecule has 4 rings (SSSR count). The van der Waals surface area contributed by atoms with Crippen LogP contribution in [0.1, 0.15) is 15.9 Å². The predicted octanol–water partition coefficient (Wildman–Crippen LogP) is 5.19. The normalized spacial score (nSPS) is 10.8. The second kappa shape index (κ2) is 10.3. The first-order chi connectivity index (χ1) is 16.9. The fourth-order valence-corrected chi connectivity index (χ4v) is 3.94. The van der Waals surface area contributed by atoms with Crippen molar-refractivity contribution in [3.8, 4) is 17.2 Å². The minimum atomic E-state index is -0.509. The number of aromatic nitrogens is 1. The first kappa shape index (κ1) is 23.9. The number of carbonyl (C=O) groups excluding carboxylic acids is 1. The Balaban J connectivity index is 1.53. The van der Waals surface area contributed by atoms with Gasteiger partial charge in [0, 0.05) is 41.5 Å². The van der Waals surface area contributed by atoms with Crippen molar-refractivity contribution in [2.24, 2.45) is 0 Å². The Morgan fingerprint density at radius 1 is 0.971 bits per heavy atom. The number of carbonyl (C=O) groups is 1. The van der Waals surface area contributed by atoms with Crippen LogP contribution in [0.5, 0.6) is 17.2 Å². The van der Waals surface area contributed by atoms with E-state index in [0.29, 0.717) is 40.3 Å². The van der Waals surface area contributed by atoms with Crippen molar-refractivity contribution < 1.29 is 27.8 Å². The molecule has 1 amide bonds. The fraction of sp³-hybridized carbons (Fsp3) is 0.192. The van der Waals surface area contributed by atoms with Gasteiger partial charge in [-0.15, -0.1) is 0 Å². The van der Waals surface area contributed by atoms with Crippen molar-refractivity contribution >= 4 is 28.2 Å². The number of hydrogen-bond acceptors (Lipinski definition) is 5. The third-order valence-electron chi connectivity index (χ3n) is 5.59. The monoisotopic (exact) mass is 481 g/mol. The van der Waals surface area contributed by atoms with E-state index in [1.54, 1.807) is 30.5 Å². The number of benzene rings is 3. The van der Waals surface area contributed by atoms with Gasteiger partial charge in [-0.2, -0.15) is 0 Å². The van der Waals surface area contributed by atoms with Gasteiger partial charge in [-0.1, -0.05) is 6.07 Å². The van der Waals surface area contributed by atoms with Crippen LogP contribution in [-0.4, -0.2) is 38.8 Å². The fourth-order valence-electron chi connectivity index (χ4n) is 3.94. The molecule has 0 aliphatic heterocycles. The zero-order chi connectivity index (χ0) is 24.9. The van der Waals surface area contributed by atoms with E-state index in [1.165, 1.54) is 45.6 Å². The summed E-state index contributed by atoms with van der Waals surface area (Å²) in [7, 11) is 4.47. The van der Waals surface area contributed by atoms with Crippen LogP contribution in [-0.2, 0) is 6.42 Å². The van der Waals surface area contributed by atoms with Crippen molar-refractivity contribution in [1.29, 1.82) is 0 Å². The van der Waals surface area contributed by atoms with Gasteiger partial charge >= 0.3 is 0 Å². The minimum absolute atomic E-state index is 0.241. The van der Waals surface area contributed by atoms with E-state index in [0.717, 1.165) is 5.56 Å². The van der Waals surface area contributed by atoms with Gasteiger partial charge in [-0.3, -0.25) is 4.79 Å². The van der Waals surface area contributed by atoms with Crippen LogP contribution in [0, 0.1) is 11.6 Å². The molecule has 1 aromatic heterocycles. The number of aromatic amines is 1. The predicted molar refractivity (Wildman–Crippen MR) is 130 cm³/mol. The number of nitrogens with one attached hydrogen (secondary N) is 3. The van der Waals surface area contributed by atoms with E-state index in [1.807, 2.05) is 0 Å². The van der Waals surface area contributed by atoms with Crippen molar-refractivity contribution in [3.63, 3.8) is 0 Å². The van der Waals surface area contributed by atoms with Crippen LogP contribution in [0.3, 0.4) is 0 Å². The molecule has 182 valence electrons. The molecule has 35 heavy (non-hydrogen) atoms. The Morgan fingerprint density at radius 3 is 2.40 bits per heavy atom. The molecule has 0 spiro atoms.